The van der Waals surface area contributed by atoms with Gasteiger partial charge in [0.2, 0.25) is 0 Å². The summed E-state index contributed by atoms with van der Waals surface area (Å²) in [5.41, 5.74) is 0.348. The van der Waals surface area contributed by atoms with Crippen molar-refractivity contribution in [3.8, 4) is 0 Å². The van der Waals surface area contributed by atoms with E-state index in [4.69, 9.17) is 23.2 Å². The molecule has 1 heterocycles. The number of anilines is 1. The van der Waals surface area contributed by atoms with Gasteiger partial charge in [-0.25, -0.2) is 9.97 Å². The van der Waals surface area contributed by atoms with Gasteiger partial charge in [0.25, 0.3) is 5.91 Å². The number of halogens is 3. The van der Waals surface area contributed by atoms with Crippen molar-refractivity contribution < 1.29 is 4.79 Å². The van der Waals surface area contributed by atoms with E-state index >= 15 is 0 Å². The number of aromatic nitrogens is 2. The lowest BCUT2D eigenvalue weighted by Crippen LogP contribution is -2.13. The molecule has 92 valence electrons. The Balaban J connectivity index is 2.25. The standard InChI is InChI=1S/C11H6BrCl2N3O/c12-7-3-1-2-6(10(7)14)11(18)17-9-4-8(13)15-5-16-9/h1-5H,(H,15,16,17,18). The molecule has 2 aromatic rings. The van der Waals surface area contributed by atoms with Crippen LogP contribution in [-0.4, -0.2) is 15.9 Å². The first kappa shape index (κ1) is 13.3. The minimum absolute atomic E-state index is 0.251. The number of hydrogen-bond donors (Lipinski definition) is 1. The molecule has 7 heteroatoms. The summed E-state index contributed by atoms with van der Waals surface area (Å²) in [5.74, 6) is -0.0490. The Labute approximate surface area is 121 Å². The number of hydrogen-bond acceptors (Lipinski definition) is 3. The minimum Gasteiger partial charge on any atom is -0.306 e. The molecule has 0 saturated heterocycles. The fraction of sp³-hybridized carbons (Fsp3) is 0. The fourth-order valence-corrected chi connectivity index (χ4v) is 1.99. The molecule has 0 radical (unpaired) electrons. The summed E-state index contributed by atoms with van der Waals surface area (Å²) in [7, 11) is 0. The molecule has 4 nitrogen and oxygen atoms in total. The van der Waals surface area contributed by atoms with Crippen molar-refractivity contribution in [1.29, 1.82) is 0 Å². The maximum Gasteiger partial charge on any atom is 0.258 e. The molecule has 1 N–H and O–H groups in total. The van der Waals surface area contributed by atoms with E-state index in [1.54, 1.807) is 18.2 Å². The van der Waals surface area contributed by atoms with Gasteiger partial charge in [-0.15, -0.1) is 0 Å². The van der Waals surface area contributed by atoms with Crippen LogP contribution in [0.25, 0.3) is 0 Å². The molecule has 0 atom stereocenters. The van der Waals surface area contributed by atoms with Crippen LogP contribution in [-0.2, 0) is 0 Å². The third-order valence-corrected chi connectivity index (χ3v) is 3.57. The zero-order chi connectivity index (χ0) is 13.1. The van der Waals surface area contributed by atoms with Gasteiger partial charge < -0.3 is 5.32 Å². The second-order valence-electron chi connectivity index (χ2n) is 3.28. The van der Waals surface area contributed by atoms with Gasteiger partial charge in [-0.3, -0.25) is 4.79 Å². The number of nitrogens with one attached hydrogen (secondary N) is 1. The monoisotopic (exact) mass is 345 g/mol. The molecule has 0 saturated carbocycles. The summed E-state index contributed by atoms with van der Waals surface area (Å²) < 4.78 is 0.650. The Morgan fingerprint density at radius 3 is 2.78 bits per heavy atom. The molecular formula is C11H6BrCl2N3O. The van der Waals surface area contributed by atoms with Crippen LogP contribution < -0.4 is 5.32 Å². The average Bonchev–Trinajstić information content (AvgIpc) is 2.32. The van der Waals surface area contributed by atoms with Crippen molar-refractivity contribution in [2.24, 2.45) is 0 Å². The van der Waals surface area contributed by atoms with Gasteiger partial charge in [0, 0.05) is 10.5 Å². The molecule has 0 aliphatic carbocycles. The lowest BCUT2D eigenvalue weighted by molar-refractivity contribution is 0.102. The molecule has 1 aromatic heterocycles. The van der Waals surface area contributed by atoms with E-state index in [2.05, 4.69) is 31.2 Å². The molecule has 1 aromatic carbocycles. The molecule has 0 spiro atoms. The highest BCUT2D eigenvalue weighted by Crippen LogP contribution is 2.26. The molecule has 1 amide bonds. The zero-order valence-electron chi connectivity index (χ0n) is 8.82. The topological polar surface area (TPSA) is 54.9 Å². The third kappa shape index (κ3) is 2.98. The van der Waals surface area contributed by atoms with Gasteiger partial charge in [0.15, 0.2) is 0 Å². The van der Waals surface area contributed by atoms with Crippen LogP contribution in [0, 0.1) is 0 Å². The summed E-state index contributed by atoms with van der Waals surface area (Å²) in [6, 6.07) is 6.54. The predicted molar refractivity (Wildman–Crippen MR) is 74.1 cm³/mol. The first-order valence-electron chi connectivity index (χ1n) is 4.81. The molecule has 0 unspecified atom stereocenters. The number of nitrogens with zero attached hydrogens (tertiary/aromatic N) is 2. The highest BCUT2D eigenvalue weighted by atomic mass is 79.9. The molecule has 0 aliphatic heterocycles. The second kappa shape index (κ2) is 5.65. The molecular weight excluding hydrogens is 341 g/mol. The van der Waals surface area contributed by atoms with Crippen LogP contribution in [0.5, 0.6) is 0 Å². The molecule has 18 heavy (non-hydrogen) atoms. The summed E-state index contributed by atoms with van der Waals surface area (Å²) in [4.78, 5) is 19.6. The SMILES string of the molecule is O=C(Nc1cc(Cl)ncn1)c1cccc(Br)c1Cl. The number of carbonyl (C=O) groups is 1. The van der Waals surface area contributed by atoms with Crippen LogP contribution in [0.3, 0.4) is 0 Å². The van der Waals surface area contributed by atoms with Crippen molar-refractivity contribution in [3.63, 3.8) is 0 Å². The maximum atomic E-state index is 12.0. The third-order valence-electron chi connectivity index (χ3n) is 2.07. The van der Waals surface area contributed by atoms with Gasteiger partial charge in [-0.1, -0.05) is 29.3 Å². The number of benzene rings is 1. The van der Waals surface area contributed by atoms with E-state index in [0.717, 1.165) is 0 Å². The normalized spacial score (nSPS) is 10.2. The van der Waals surface area contributed by atoms with Crippen molar-refractivity contribution in [2.45, 2.75) is 0 Å². The van der Waals surface area contributed by atoms with Gasteiger partial charge in [-0.05, 0) is 28.1 Å². The molecule has 0 bridgehead atoms. The number of rotatable bonds is 2. The first-order valence-corrected chi connectivity index (χ1v) is 6.35. The van der Waals surface area contributed by atoms with Crippen LogP contribution in [0.1, 0.15) is 10.4 Å². The molecule has 0 fully saturated rings. The largest absolute Gasteiger partial charge is 0.306 e. The van der Waals surface area contributed by atoms with E-state index in [0.29, 0.717) is 20.9 Å². The Kier molecular flexibility index (Phi) is 4.16. The van der Waals surface area contributed by atoms with Crippen molar-refractivity contribution >= 4 is 50.9 Å². The Hall–Kier alpha value is -1.17. The smallest absolute Gasteiger partial charge is 0.258 e. The minimum atomic E-state index is -0.365. The van der Waals surface area contributed by atoms with Crippen LogP contribution in [0.4, 0.5) is 5.82 Å². The highest BCUT2D eigenvalue weighted by molar-refractivity contribution is 9.10. The van der Waals surface area contributed by atoms with E-state index in [1.165, 1.54) is 12.4 Å². The average molecular weight is 347 g/mol. The van der Waals surface area contributed by atoms with Gasteiger partial charge in [-0.2, -0.15) is 0 Å². The van der Waals surface area contributed by atoms with Gasteiger partial charge >= 0.3 is 0 Å². The Morgan fingerprint density at radius 2 is 2.06 bits per heavy atom. The van der Waals surface area contributed by atoms with Crippen LogP contribution in [0.2, 0.25) is 10.2 Å². The van der Waals surface area contributed by atoms with E-state index < -0.39 is 0 Å². The van der Waals surface area contributed by atoms with E-state index in [9.17, 15) is 4.79 Å². The fourth-order valence-electron chi connectivity index (χ4n) is 1.26. The summed E-state index contributed by atoms with van der Waals surface area (Å²) in [6.07, 6.45) is 1.26. The summed E-state index contributed by atoms with van der Waals surface area (Å²) in [5, 5.41) is 3.18. The van der Waals surface area contributed by atoms with Gasteiger partial charge in [0.1, 0.15) is 17.3 Å². The second-order valence-corrected chi connectivity index (χ2v) is 4.90. The quantitative estimate of drug-likeness (QED) is 0.841. The van der Waals surface area contributed by atoms with Crippen molar-refractivity contribution in [2.75, 3.05) is 5.32 Å². The first-order chi connectivity index (χ1) is 8.58. The lowest BCUT2D eigenvalue weighted by atomic mass is 10.2. The van der Waals surface area contributed by atoms with Crippen molar-refractivity contribution in [1.82, 2.24) is 9.97 Å². The molecule has 2 rings (SSSR count). The van der Waals surface area contributed by atoms with Gasteiger partial charge in [0.05, 0.1) is 10.6 Å². The molecule has 0 aliphatic rings. The van der Waals surface area contributed by atoms with Crippen LogP contribution >= 0.6 is 39.1 Å². The van der Waals surface area contributed by atoms with E-state index in [1.807, 2.05) is 0 Å². The highest BCUT2D eigenvalue weighted by Gasteiger charge is 2.13. The Bertz CT molecular complexity index is 607. The number of carbonyl (C=O) groups excluding carboxylic acids is 1. The maximum absolute atomic E-state index is 12.0. The van der Waals surface area contributed by atoms with E-state index in [-0.39, 0.29) is 11.1 Å². The predicted octanol–water partition coefficient (Wildman–Crippen LogP) is 3.80. The summed E-state index contributed by atoms with van der Waals surface area (Å²) >= 11 is 15.0. The lowest BCUT2D eigenvalue weighted by Gasteiger charge is -2.06. The van der Waals surface area contributed by atoms with Crippen molar-refractivity contribution in [3.05, 3.63) is 50.8 Å². The zero-order valence-corrected chi connectivity index (χ0v) is 11.9. The summed E-state index contributed by atoms with van der Waals surface area (Å²) in [6.45, 7) is 0. The van der Waals surface area contributed by atoms with Crippen LogP contribution in [0.15, 0.2) is 35.1 Å². The Morgan fingerprint density at radius 1 is 1.28 bits per heavy atom. The number of amides is 1.